The van der Waals surface area contributed by atoms with Crippen LogP contribution in [0.2, 0.25) is 0 Å². The Morgan fingerprint density at radius 1 is 1.12 bits per heavy atom. The average molecular weight is 433 g/mol. The van der Waals surface area contributed by atoms with Crippen molar-refractivity contribution < 1.29 is 14.6 Å². The van der Waals surface area contributed by atoms with Crippen molar-refractivity contribution in [2.75, 3.05) is 30.9 Å². The molecule has 4 rings (SSSR count). The minimum atomic E-state index is -0.749. The SMILES string of the molecule is COCC(=O)Nc1cccc2nc(-c3c(NC[C@@H](O)c4ccccc4)cc[nH]c3=O)[nH]c12. The van der Waals surface area contributed by atoms with Gasteiger partial charge in [-0.1, -0.05) is 36.4 Å². The molecule has 0 radical (unpaired) electrons. The second-order valence-electron chi connectivity index (χ2n) is 7.17. The molecule has 0 saturated heterocycles. The summed E-state index contributed by atoms with van der Waals surface area (Å²) in [5.41, 5.74) is 2.97. The van der Waals surface area contributed by atoms with Crippen molar-refractivity contribution in [1.29, 1.82) is 0 Å². The van der Waals surface area contributed by atoms with E-state index in [1.807, 2.05) is 30.3 Å². The summed E-state index contributed by atoms with van der Waals surface area (Å²) in [5.74, 6) is 0.0398. The number of carbonyl (C=O) groups excluding carboxylic acids is 1. The fraction of sp³-hybridized carbons (Fsp3) is 0.174. The van der Waals surface area contributed by atoms with E-state index in [1.54, 1.807) is 24.3 Å². The second-order valence-corrected chi connectivity index (χ2v) is 7.17. The number of amides is 1. The predicted octanol–water partition coefficient (Wildman–Crippen LogP) is 2.65. The van der Waals surface area contributed by atoms with Gasteiger partial charge in [-0.3, -0.25) is 9.59 Å². The molecule has 0 unspecified atom stereocenters. The van der Waals surface area contributed by atoms with Crippen molar-refractivity contribution >= 4 is 28.3 Å². The van der Waals surface area contributed by atoms with Crippen LogP contribution in [0.5, 0.6) is 0 Å². The Kier molecular flexibility index (Phi) is 6.29. The molecule has 0 aliphatic heterocycles. The standard InChI is InChI=1S/C23H23N5O4/c1-32-13-19(30)26-16-8-5-9-17-21(16)28-22(27-17)20-15(10-11-24-23(20)31)25-12-18(29)14-6-3-2-4-7-14/h2-11,18,29H,12-13H2,1H3,(H,26,30)(H,27,28)(H2,24,25,31)/t18-/m1/s1. The molecule has 1 atom stereocenters. The quantitative estimate of drug-likeness (QED) is 0.290. The van der Waals surface area contributed by atoms with Gasteiger partial charge in [0.1, 0.15) is 18.0 Å². The van der Waals surface area contributed by atoms with E-state index in [4.69, 9.17) is 4.74 Å². The minimum Gasteiger partial charge on any atom is -0.387 e. The fourth-order valence-corrected chi connectivity index (χ4v) is 3.43. The van der Waals surface area contributed by atoms with Gasteiger partial charge in [0.25, 0.3) is 5.56 Å². The number of para-hydroxylation sites is 1. The highest BCUT2D eigenvalue weighted by Crippen LogP contribution is 2.28. The number of nitrogens with zero attached hydrogens (tertiary/aromatic N) is 1. The van der Waals surface area contributed by atoms with Gasteiger partial charge < -0.3 is 30.4 Å². The average Bonchev–Trinajstić information content (AvgIpc) is 3.23. The summed E-state index contributed by atoms with van der Waals surface area (Å²) < 4.78 is 4.86. The Morgan fingerprint density at radius 3 is 2.72 bits per heavy atom. The highest BCUT2D eigenvalue weighted by molar-refractivity contribution is 6.00. The number of methoxy groups -OCH3 is 1. The molecule has 0 aliphatic rings. The molecule has 0 fully saturated rings. The Balaban J connectivity index is 1.65. The number of rotatable bonds is 8. The van der Waals surface area contributed by atoms with Crippen molar-refractivity contribution in [3.05, 3.63) is 76.7 Å². The molecule has 0 bridgehead atoms. The molecule has 32 heavy (non-hydrogen) atoms. The number of aromatic nitrogens is 3. The zero-order chi connectivity index (χ0) is 22.5. The summed E-state index contributed by atoms with van der Waals surface area (Å²) in [5, 5.41) is 16.4. The van der Waals surface area contributed by atoms with E-state index in [-0.39, 0.29) is 24.6 Å². The zero-order valence-electron chi connectivity index (χ0n) is 17.4. The summed E-state index contributed by atoms with van der Waals surface area (Å²) in [6.45, 7) is 0.132. The highest BCUT2D eigenvalue weighted by Gasteiger charge is 2.17. The van der Waals surface area contributed by atoms with Crippen LogP contribution in [-0.2, 0) is 9.53 Å². The molecule has 0 saturated carbocycles. The van der Waals surface area contributed by atoms with Gasteiger partial charge in [0.05, 0.1) is 28.5 Å². The third kappa shape index (κ3) is 4.53. The van der Waals surface area contributed by atoms with E-state index >= 15 is 0 Å². The number of fused-ring (bicyclic) bond motifs is 1. The summed E-state index contributed by atoms with van der Waals surface area (Å²) >= 11 is 0. The van der Waals surface area contributed by atoms with Crippen molar-refractivity contribution in [2.24, 2.45) is 0 Å². The number of aromatic amines is 2. The summed E-state index contributed by atoms with van der Waals surface area (Å²) in [7, 11) is 1.44. The Labute approximate surface area is 183 Å². The van der Waals surface area contributed by atoms with Gasteiger partial charge in [-0.25, -0.2) is 4.98 Å². The smallest absolute Gasteiger partial charge is 0.261 e. The molecule has 2 heterocycles. The Hall–Kier alpha value is -3.95. The molecule has 0 aliphatic carbocycles. The largest absolute Gasteiger partial charge is 0.387 e. The lowest BCUT2D eigenvalue weighted by molar-refractivity contribution is -0.119. The van der Waals surface area contributed by atoms with Gasteiger partial charge in [0, 0.05) is 19.9 Å². The number of aliphatic hydroxyl groups excluding tert-OH is 1. The molecule has 164 valence electrons. The number of hydrogen-bond donors (Lipinski definition) is 5. The van der Waals surface area contributed by atoms with E-state index < -0.39 is 6.10 Å². The van der Waals surface area contributed by atoms with Gasteiger partial charge in [0.2, 0.25) is 5.91 Å². The number of aliphatic hydroxyl groups is 1. The van der Waals surface area contributed by atoms with Crippen LogP contribution >= 0.6 is 0 Å². The van der Waals surface area contributed by atoms with E-state index in [0.29, 0.717) is 33.8 Å². The van der Waals surface area contributed by atoms with Crippen LogP contribution in [-0.4, -0.2) is 46.2 Å². The van der Waals surface area contributed by atoms with Crippen molar-refractivity contribution in [2.45, 2.75) is 6.10 Å². The second kappa shape index (κ2) is 9.46. The van der Waals surface area contributed by atoms with E-state index in [0.717, 1.165) is 5.56 Å². The fourth-order valence-electron chi connectivity index (χ4n) is 3.43. The summed E-state index contributed by atoms with van der Waals surface area (Å²) in [4.78, 5) is 35.0. The first-order valence-electron chi connectivity index (χ1n) is 10.0. The topological polar surface area (TPSA) is 132 Å². The molecule has 1 amide bonds. The molecule has 5 N–H and O–H groups in total. The molecule has 2 aromatic heterocycles. The number of H-pyrrole nitrogens is 2. The van der Waals surface area contributed by atoms with Crippen LogP contribution < -0.4 is 16.2 Å². The Morgan fingerprint density at radius 2 is 1.94 bits per heavy atom. The van der Waals surface area contributed by atoms with Crippen LogP contribution in [0.25, 0.3) is 22.4 Å². The third-order valence-electron chi connectivity index (χ3n) is 4.94. The van der Waals surface area contributed by atoms with Crippen LogP contribution in [0.3, 0.4) is 0 Å². The molecule has 0 spiro atoms. The first-order valence-corrected chi connectivity index (χ1v) is 10.0. The molecular formula is C23H23N5O4. The molecule has 2 aromatic carbocycles. The normalized spacial score (nSPS) is 11.9. The number of nitrogens with one attached hydrogen (secondary N) is 4. The van der Waals surface area contributed by atoms with Crippen molar-refractivity contribution in [3.63, 3.8) is 0 Å². The number of anilines is 2. The molecular weight excluding hydrogens is 410 g/mol. The van der Waals surface area contributed by atoms with Gasteiger partial charge in [-0.05, 0) is 23.8 Å². The highest BCUT2D eigenvalue weighted by atomic mass is 16.5. The van der Waals surface area contributed by atoms with E-state index in [9.17, 15) is 14.7 Å². The zero-order valence-corrected chi connectivity index (χ0v) is 17.4. The maximum Gasteiger partial charge on any atom is 0.261 e. The number of carbonyl (C=O) groups is 1. The van der Waals surface area contributed by atoms with Crippen LogP contribution in [0.4, 0.5) is 11.4 Å². The number of imidazole rings is 1. The summed E-state index contributed by atoms with van der Waals surface area (Å²) in [6.07, 6.45) is 0.781. The van der Waals surface area contributed by atoms with Crippen molar-refractivity contribution in [3.8, 4) is 11.4 Å². The number of pyridine rings is 1. The Bertz CT molecular complexity index is 1280. The van der Waals surface area contributed by atoms with Gasteiger partial charge in [-0.2, -0.15) is 0 Å². The maximum absolute atomic E-state index is 12.7. The first kappa shape index (κ1) is 21.3. The number of benzene rings is 2. The lowest BCUT2D eigenvalue weighted by Gasteiger charge is -2.14. The molecule has 4 aromatic rings. The monoisotopic (exact) mass is 433 g/mol. The summed E-state index contributed by atoms with van der Waals surface area (Å²) in [6, 6.07) is 16.3. The molecule has 9 heteroatoms. The van der Waals surface area contributed by atoms with Gasteiger partial charge in [-0.15, -0.1) is 0 Å². The van der Waals surface area contributed by atoms with E-state index in [1.165, 1.54) is 13.3 Å². The third-order valence-corrected chi connectivity index (χ3v) is 4.94. The van der Waals surface area contributed by atoms with Crippen LogP contribution in [0, 0.1) is 0 Å². The number of hydrogen-bond acceptors (Lipinski definition) is 6. The lowest BCUT2D eigenvalue weighted by Crippen LogP contribution is -2.17. The van der Waals surface area contributed by atoms with Crippen LogP contribution in [0.15, 0.2) is 65.6 Å². The van der Waals surface area contributed by atoms with E-state index in [2.05, 4.69) is 25.6 Å². The van der Waals surface area contributed by atoms with Crippen LogP contribution in [0.1, 0.15) is 11.7 Å². The number of ether oxygens (including phenoxy) is 1. The first-order chi connectivity index (χ1) is 15.6. The molecule has 9 nitrogen and oxygen atoms in total. The van der Waals surface area contributed by atoms with Gasteiger partial charge >= 0.3 is 0 Å². The van der Waals surface area contributed by atoms with Gasteiger partial charge in [0.15, 0.2) is 0 Å². The predicted molar refractivity (Wildman–Crippen MR) is 123 cm³/mol. The lowest BCUT2D eigenvalue weighted by atomic mass is 10.1. The minimum absolute atomic E-state index is 0.0758. The van der Waals surface area contributed by atoms with Crippen molar-refractivity contribution in [1.82, 2.24) is 15.0 Å². The maximum atomic E-state index is 12.7.